The number of nitrogens with two attached hydrogens (primary N) is 1. The molecule has 0 fully saturated rings. The molecule has 0 saturated carbocycles. The topological polar surface area (TPSA) is 60.2 Å². The number of alkyl halides is 2. The second-order valence-electron chi connectivity index (χ2n) is 3.03. The van der Waals surface area contributed by atoms with E-state index in [4.69, 9.17) is 40.5 Å². The normalized spacial score (nSPS) is 14.1. The summed E-state index contributed by atoms with van der Waals surface area (Å²) in [6, 6.07) is 6.47. The molecule has 2 N–H and O–H groups in total. The Labute approximate surface area is 113 Å². The molecule has 0 saturated heterocycles. The summed E-state index contributed by atoms with van der Waals surface area (Å²) in [5.41, 5.74) is 5.87. The lowest BCUT2D eigenvalue weighted by Crippen LogP contribution is -2.24. The Morgan fingerprint density at radius 2 is 1.41 bits per heavy atom. The number of ketones is 2. The van der Waals surface area contributed by atoms with Gasteiger partial charge in [-0.3, -0.25) is 9.59 Å². The van der Waals surface area contributed by atoms with Gasteiger partial charge in [-0.2, -0.15) is 0 Å². The number of allylic oxidation sites excluding steroid dienone is 2. The van der Waals surface area contributed by atoms with Crippen LogP contribution < -0.4 is 5.73 Å². The third kappa shape index (κ3) is 2.80. The summed E-state index contributed by atoms with van der Waals surface area (Å²) >= 11 is 15.2. The predicted octanol–water partition coefficient (Wildman–Crippen LogP) is 2.90. The van der Waals surface area contributed by atoms with E-state index in [1.165, 1.54) is 0 Å². The van der Waals surface area contributed by atoms with Crippen LogP contribution in [0, 0.1) is 0 Å². The quantitative estimate of drug-likeness (QED) is 0.748. The van der Waals surface area contributed by atoms with Crippen LogP contribution >= 0.6 is 34.8 Å². The maximum Gasteiger partial charge on any atom is 0.211 e. The molecule has 3 nitrogen and oxygen atoms in total. The van der Waals surface area contributed by atoms with Crippen molar-refractivity contribution in [2.75, 3.05) is 5.34 Å². The van der Waals surface area contributed by atoms with Crippen LogP contribution in [-0.4, -0.2) is 16.9 Å². The predicted molar refractivity (Wildman–Crippen MR) is 68.7 cm³/mol. The van der Waals surface area contributed by atoms with Gasteiger partial charge in [0.25, 0.3) is 0 Å². The molecule has 0 heterocycles. The third-order valence-corrected chi connectivity index (χ3v) is 2.47. The Hall–Kier alpha value is -1.03. The van der Waals surface area contributed by atoms with Crippen LogP contribution in [0.4, 0.5) is 0 Å². The molecule has 0 radical (unpaired) electrons. The number of carbonyl (C=O) groups excluding carboxylic acids is 2. The Morgan fingerprint density at radius 1 is 1.00 bits per heavy atom. The fraction of sp³-hybridized carbons (Fsp3) is 0.0909. The molecule has 1 aromatic rings. The van der Waals surface area contributed by atoms with E-state index >= 15 is 0 Å². The minimum absolute atomic E-state index is 0.171. The van der Waals surface area contributed by atoms with E-state index in [0.717, 1.165) is 0 Å². The molecule has 0 aliphatic heterocycles. The number of fused-ring (bicyclic) bond motifs is 1. The monoisotopic (exact) mass is 291 g/mol. The fourth-order valence-electron chi connectivity index (χ4n) is 1.36. The van der Waals surface area contributed by atoms with E-state index in [9.17, 15) is 9.59 Å². The molecule has 1 aliphatic rings. The second kappa shape index (κ2) is 6.05. The van der Waals surface area contributed by atoms with Gasteiger partial charge in [-0.15, -0.1) is 23.2 Å². The molecular formula is C11H8Cl3NO2. The van der Waals surface area contributed by atoms with Crippen LogP contribution in [-0.2, 0) is 0 Å². The van der Waals surface area contributed by atoms with Crippen molar-refractivity contribution in [2.24, 2.45) is 5.73 Å². The Balaban J connectivity index is 0.000000437. The van der Waals surface area contributed by atoms with Crippen LogP contribution in [0.1, 0.15) is 20.7 Å². The minimum atomic E-state index is -0.389. The lowest BCUT2D eigenvalue weighted by atomic mass is 9.93. The van der Waals surface area contributed by atoms with Crippen molar-refractivity contribution < 1.29 is 9.59 Å². The summed E-state index contributed by atoms with van der Waals surface area (Å²) in [5.74, 6) is -0.774. The van der Waals surface area contributed by atoms with Gasteiger partial charge < -0.3 is 5.73 Å². The van der Waals surface area contributed by atoms with E-state index < -0.39 is 0 Å². The highest BCUT2D eigenvalue weighted by atomic mass is 35.5. The summed E-state index contributed by atoms with van der Waals surface area (Å²) < 4.78 is 0. The molecular weight excluding hydrogens is 284 g/mol. The SMILES string of the molecule is ClCCl.NC1=C(Cl)C(=O)c2ccccc2C1=O. The van der Waals surface area contributed by atoms with Gasteiger partial charge in [-0.25, -0.2) is 0 Å². The number of benzene rings is 1. The van der Waals surface area contributed by atoms with E-state index in [0.29, 0.717) is 11.1 Å². The van der Waals surface area contributed by atoms with Crippen LogP contribution in [0.15, 0.2) is 35.0 Å². The first-order chi connectivity index (χ1) is 8.04. The number of Topliss-reactive ketones (excluding diaryl/α,β-unsaturated/α-hetero) is 2. The first-order valence-corrected chi connectivity index (χ1v) is 5.94. The van der Waals surface area contributed by atoms with Crippen molar-refractivity contribution in [2.45, 2.75) is 0 Å². The van der Waals surface area contributed by atoms with E-state index in [1.807, 2.05) is 0 Å². The van der Waals surface area contributed by atoms with Gasteiger partial charge in [0.05, 0.1) is 5.34 Å². The smallest absolute Gasteiger partial charge is 0.211 e. The molecule has 0 unspecified atom stereocenters. The summed E-state index contributed by atoms with van der Waals surface area (Å²) in [5, 5.41) is 0.00806. The van der Waals surface area contributed by atoms with Crippen LogP contribution in [0.25, 0.3) is 0 Å². The molecule has 0 aromatic heterocycles. The third-order valence-electron chi connectivity index (χ3n) is 2.10. The van der Waals surface area contributed by atoms with Gasteiger partial charge in [0.1, 0.15) is 10.7 Å². The molecule has 1 aromatic carbocycles. The average Bonchev–Trinajstić information content (AvgIpc) is 2.35. The van der Waals surface area contributed by atoms with E-state index in [1.54, 1.807) is 24.3 Å². The Bertz CT molecular complexity index is 454. The van der Waals surface area contributed by atoms with Crippen molar-refractivity contribution in [1.29, 1.82) is 0 Å². The van der Waals surface area contributed by atoms with Crippen molar-refractivity contribution in [3.05, 3.63) is 46.1 Å². The average molecular weight is 293 g/mol. The maximum absolute atomic E-state index is 11.6. The van der Waals surface area contributed by atoms with Gasteiger partial charge in [0, 0.05) is 11.1 Å². The first-order valence-electron chi connectivity index (χ1n) is 4.50. The molecule has 6 heteroatoms. The van der Waals surface area contributed by atoms with Crippen LogP contribution in [0.3, 0.4) is 0 Å². The maximum atomic E-state index is 11.6. The molecule has 0 spiro atoms. The zero-order valence-electron chi connectivity index (χ0n) is 8.54. The number of hydrogen-bond donors (Lipinski definition) is 1. The number of halogens is 3. The van der Waals surface area contributed by atoms with Crippen molar-refractivity contribution in [3.8, 4) is 0 Å². The Morgan fingerprint density at radius 3 is 1.88 bits per heavy atom. The van der Waals surface area contributed by atoms with Crippen LogP contribution in [0.5, 0.6) is 0 Å². The van der Waals surface area contributed by atoms with E-state index in [-0.39, 0.29) is 27.6 Å². The molecule has 0 bridgehead atoms. The summed E-state index contributed by atoms with van der Waals surface area (Å²) in [4.78, 5) is 23.1. The fourth-order valence-corrected chi connectivity index (χ4v) is 1.55. The second-order valence-corrected chi connectivity index (χ2v) is 4.22. The van der Waals surface area contributed by atoms with E-state index in [2.05, 4.69) is 0 Å². The standard InChI is InChI=1S/C10H6ClNO2.CH2Cl2/c11-7-8(12)10(14)6-4-2-1-3-5(6)9(7)13;2-1-3/h1-4H,12H2;1H2. The molecule has 90 valence electrons. The minimum Gasteiger partial charge on any atom is -0.394 e. The lowest BCUT2D eigenvalue weighted by Gasteiger charge is -2.13. The van der Waals surface area contributed by atoms with Gasteiger partial charge in [-0.1, -0.05) is 35.9 Å². The van der Waals surface area contributed by atoms with Crippen molar-refractivity contribution >= 4 is 46.4 Å². The number of carbonyl (C=O) groups is 2. The largest absolute Gasteiger partial charge is 0.394 e. The summed E-state index contributed by atoms with van der Waals surface area (Å²) in [7, 11) is 0. The van der Waals surface area contributed by atoms with Gasteiger partial charge in [0.15, 0.2) is 0 Å². The molecule has 0 amide bonds. The highest BCUT2D eigenvalue weighted by molar-refractivity contribution is 6.49. The van der Waals surface area contributed by atoms with Crippen LogP contribution in [0.2, 0.25) is 0 Å². The first kappa shape index (κ1) is 14.0. The highest BCUT2D eigenvalue weighted by Crippen LogP contribution is 2.25. The molecule has 17 heavy (non-hydrogen) atoms. The van der Waals surface area contributed by atoms with Crippen molar-refractivity contribution in [3.63, 3.8) is 0 Å². The Kier molecular flexibility index (Phi) is 5.00. The summed E-state index contributed by atoms with van der Waals surface area (Å²) in [6.07, 6.45) is 0. The molecule has 2 rings (SSSR count). The number of hydrogen-bond acceptors (Lipinski definition) is 3. The van der Waals surface area contributed by atoms with Crippen molar-refractivity contribution in [1.82, 2.24) is 0 Å². The molecule has 0 atom stereocenters. The zero-order valence-corrected chi connectivity index (χ0v) is 10.8. The zero-order chi connectivity index (χ0) is 13.0. The van der Waals surface area contributed by atoms with Gasteiger partial charge in [-0.05, 0) is 0 Å². The summed E-state index contributed by atoms with van der Waals surface area (Å²) in [6.45, 7) is 0. The van der Waals surface area contributed by atoms with Gasteiger partial charge in [0.2, 0.25) is 11.6 Å². The molecule has 1 aliphatic carbocycles. The lowest BCUT2D eigenvalue weighted by molar-refractivity contribution is 0.0979. The van der Waals surface area contributed by atoms with Gasteiger partial charge >= 0.3 is 0 Å². The highest BCUT2D eigenvalue weighted by Gasteiger charge is 2.29. The number of rotatable bonds is 0.